The molecule has 0 unspecified atom stereocenters. The van der Waals surface area contributed by atoms with Crippen LogP contribution in [0.25, 0.3) is 107 Å². The van der Waals surface area contributed by atoms with Crippen molar-refractivity contribution in [1.82, 2.24) is 29.5 Å². The third-order valence-electron chi connectivity index (χ3n) is 9.96. The van der Waals surface area contributed by atoms with E-state index in [-0.39, 0.29) is 0 Å². The number of rotatable bonds is 6. The molecular weight excluding hydrogens is 681 g/mol. The van der Waals surface area contributed by atoms with Gasteiger partial charge in [0.25, 0.3) is 0 Å². The summed E-state index contributed by atoms with van der Waals surface area (Å²) >= 11 is 0. The van der Waals surface area contributed by atoms with Crippen molar-refractivity contribution in [2.45, 2.75) is 0 Å². The highest BCUT2D eigenvalue weighted by Crippen LogP contribution is 2.39. The Labute approximate surface area is 314 Å². The molecule has 0 saturated carbocycles. The highest BCUT2D eigenvalue weighted by molar-refractivity contribution is 6.15. The molecule has 4 heterocycles. The molecule has 8 nitrogen and oxygen atoms in total. The van der Waals surface area contributed by atoms with Crippen LogP contribution in [0.3, 0.4) is 0 Å². The van der Waals surface area contributed by atoms with Crippen LogP contribution in [0.1, 0.15) is 0 Å². The zero-order chi connectivity index (χ0) is 36.3. The second kappa shape index (κ2) is 12.5. The fraction of sp³-hybridized carbons (Fsp3) is 0. The van der Waals surface area contributed by atoms with Gasteiger partial charge in [-0.25, -0.2) is 24.9 Å². The summed E-state index contributed by atoms with van der Waals surface area (Å²) in [6, 6.07) is 56.8. The maximum atomic E-state index is 6.06. The molecule has 0 aliphatic heterocycles. The zero-order valence-corrected chi connectivity index (χ0v) is 29.2. The molecule has 0 aliphatic carbocycles. The first-order valence-electron chi connectivity index (χ1n) is 18.0. The minimum Gasteiger partial charge on any atom is -0.436 e. The van der Waals surface area contributed by atoms with Crippen molar-refractivity contribution in [2.24, 2.45) is 0 Å². The molecule has 258 valence electrons. The largest absolute Gasteiger partial charge is 0.436 e. The predicted molar refractivity (Wildman–Crippen MR) is 216 cm³/mol. The van der Waals surface area contributed by atoms with E-state index in [2.05, 4.69) is 71.3 Å². The summed E-state index contributed by atoms with van der Waals surface area (Å²) in [4.78, 5) is 24.8. The fourth-order valence-corrected chi connectivity index (χ4v) is 7.33. The van der Waals surface area contributed by atoms with Crippen molar-refractivity contribution in [1.29, 1.82) is 0 Å². The number of fused-ring (bicyclic) bond motifs is 5. The molecule has 0 spiro atoms. The molecular formula is C47H28N6O2. The number of nitrogens with zero attached hydrogens (tertiary/aromatic N) is 6. The number of hydrogen-bond acceptors (Lipinski definition) is 7. The van der Waals surface area contributed by atoms with Gasteiger partial charge in [0.1, 0.15) is 11.0 Å². The lowest BCUT2D eigenvalue weighted by Crippen LogP contribution is -2.00. The van der Waals surface area contributed by atoms with Gasteiger partial charge in [-0.3, -0.25) is 0 Å². The first kappa shape index (κ1) is 30.9. The van der Waals surface area contributed by atoms with E-state index in [0.29, 0.717) is 29.3 Å². The zero-order valence-electron chi connectivity index (χ0n) is 29.2. The average molecular weight is 709 g/mol. The second-order valence-corrected chi connectivity index (χ2v) is 13.3. The van der Waals surface area contributed by atoms with E-state index >= 15 is 0 Å². The van der Waals surface area contributed by atoms with Crippen LogP contribution in [0.4, 0.5) is 0 Å². The van der Waals surface area contributed by atoms with Crippen LogP contribution >= 0.6 is 0 Å². The van der Waals surface area contributed by atoms with Crippen LogP contribution in [0.2, 0.25) is 0 Å². The first-order valence-corrected chi connectivity index (χ1v) is 18.0. The Bertz CT molecular complexity index is 3000. The van der Waals surface area contributed by atoms with Crippen molar-refractivity contribution in [3.05, 3.63) is 170 Å². The molecule has 0 fully saturated rings. The number of hydrogen-bond donors (Lipinski definition) is 0. The van der Waals surface area contributed by atoms with E-state index in [1.165, 1.54) is 0 Å². The quantitative estimate of drug-likeness (QED) is 0.170. The Morgan fingerprint density at radius 1 is 0.364 bits per heavy atom. The SMILES string of the molecule is c1ccc(-n2c3ccccc3c3c(-c4nc(-c5ccc(-c6nc7ccccc7o6)cc5)nc(-c5ccc(-c6nc7ccccc7o6)cc5)n4)cccc32)cc1. The molecule has 55 heavy (non-hydrogen) atoms. The molecule has 0 aliphatic rings. The van der Waals surface area contributed by atoms with Crippen LogP contribution in [-0.2, 0) is 0 Å². The summed E-state index contributed by atoms with van der Waals surface area (Å²) in [5, 5.41) is 2.19. The van der Waals surface area contributed by atoms with Crippen LogP contribution in [-0.4, -0.2) is 29.5 Å². The van der Waals surface area contributed by atoms with Crippen LogP contribution in [0.15, 0.2) is 179 Å². The Morgan fingerprint density at radius 2 is 0.855 bits per heavy atom. The van der Waals surface area contributed by atoms with Gasteiger partial charge in [0.2, 0.25) is 11.8 Å². The summed E-state index contributed by atoms with van der Waals surface area (Å²) in [7, 11) is 0. The summed E-state index contributed by atoms with van der Waals surface area (Å²) in [6.07, 6.45) is 0. The summed E-state index contributed by atoms with van der Waals surface area (Å²) in [6.45, 7) is 0. The lowest BCUT2D eigenvalue weighted by molar-refractivity contribution is 0.619. The van der Waals surface area contributed by atoms with Gasteiger partial charge < -0.3 is 13.4 Å². The van der Waals surface area contributed by atoms with Gasteiger partial charge in [-0.2, -0.15) is 0 Å². The van der Waals surface area contributed by atoms with Gasteiger partial charge in [-0.1, -0.05) is 97.1 Å². The monoisotopic (exact) mass is 708 g/mol. The van der Waals surface area contributed by atoms with Gasteiger partial charge >= 0.3 is 0 Å². The van der Waals surface area contributed by atoms with E-state index in [1.54, 1.807) is 0 Å². The van der Waals surface area contributed by atoms with E-state index in [4.69, 9.17) is 33.8 Å². The van der Waals surface area contributed by atoms with E-state index in [1.807, 2.05) is 103 Å². The van der Waals surface area contributed by atoms with Crippen LogP contribution < -0.4 is 0 Å². The van der Waals surface area contributed by atoms with Crippen LogP contribution in [0.5, 0.6) is 0 Å². The molecule has 11 aromatic rings. The highest BCUT2D eigenvalue weighted by Gasteiger charge is 2.20. The van der Waals surface area contributed by atoms with Crippen molar-refractivity contribution >= 4 is 44.0 Å². The topological polar surface area (TPSA) is 95.7 Å². The van der Waals surface area contributed by atoms with Gasteiger partial charge in [-0.15, -0.1) is 0 Å². The van der Waals surface area contributed by atoms with Gasteiger partial charge in [-0.05, 0) is 72.8 Å². The molecule has 0 bridgehead atoms. The average Bonchev–Trinajstić information content (AvgIpc) is 3.98. The standard InChI is InChI=1S/C47H28N6O2/c1-2-11-33(12-3-1)53-38-17-7-4-13-34(38)42-35(14-10-18-39(42)53)45-51-43(29-21-25-31(26-22-29)46-48-36-15-5-8-19-40(36)54-46)50-44(52-45)30-23-27-32(28-24-30)47-49-37-16-6-9-20-41(37)55-47/h1-28H. The van der Waals surface area contributed by atoms with E-state index in [9.17, 15) is 0 Å². The summed E-state index contributed by atoms with van der Waals surface area (Å²) < 4.78 is 14.4. The molecule has 0 atom stereocenters. The molecule has 8 heteroatoms. The van der Waals surface area contributed by atoms with Crippen molar-refractivity contribution in [3.63, 3.8) is 0 Å². The van der Waals surface area contributed by atoms with Crippen molar-refractivity contribution < 1.29 is 8.83 Å². The molecule has 0 amide bonds. The number of para-hydroxylation sites is 6. The predicted octanol–water partition coefficient (Wildman–Crippen LogP) is 11.6. The normalized spacial score (nSPS) is 11.6. The van der Waals surface area contributed by atoms with E-state index in [0.717, 1.165) is 77.5 Å². The van der Waals surface area contributed by atoms with Gasteiger partial charge in [0.05, 0.1) is 11.0 Å². The fourth-order valence-electron chi connectivity index (χ4n) is 7.33. The maximum absolute atomic E-state index is 6.06. The summed E-state index contributed by atoms with van der Waals surface area (Å²) in [5.41, 5.74) is 10.7. The van der Waals surface area contributed by atoms with Crippen molar-refractivity contribution in [2.75, 3.05) is 0 Å². The lowest BCUT2D eigenvalue weighted by Gasteiger charge is -2.11. The van der Waals surface area contributed by atoms with Crippen LogP contribution in [0, 0.1) is 0 Å². The molecule has 0 saturated heterocycles. The smallest absolute Gasteiger partial charge is 0.227 e. The molecule has 0 N–H and O–H groups in total. The molecule has 7 aromatic carbocycles. The van der Waals surface area contributed by atoms with Gasteiger partial charge in [0, 0.05) is 44.3 Å². The molecule has 4 aromatic heterocycles. The maximum Gasteiger partial charge on any atom is 0.227 e. The minimum absolute atomic E-state index is 0.552. The van der Waals surface area contributed by atoms with Gasteiger partial charge in [0.15, 0.2) is 28.6 Å². The molecule has 11 rings (SSSR count). The Morgan fingerprint density at radius 3 is 1.45 bits per heavy atom. The third-order valence-corrected chi connectivity index (χ3v) is 9.96. The lowest BCUT2D eigenvalue weighted by atomic mass is 10.0. The number of aromatic nitrogens is 6. The van der Waals surface area contributed by atoms with E-state index < -0.39 is 0 Å². The molecule has 0 radical (unpaired) electrons. The van der Waals surface area contributed by atoms with Crippen molar-refractivity contribution in [3.8, 4) is 62.8 Å². The first-order chi connectivity index (χ1) is 27.2. The summed E-state index contributed by atoms with van der Waals surface area (Å²) in [5.74, 6) is 2.80. The minimum atomic E-state index is 0.552. The number of benzene rings is 7. The Hall–Kier alpha value is -7.71. The number of oxazole rings is 2. The third kappa shape index (κ3) is 5.27. The highest BCUT2D eigenvalue weighted by atomic mass is 16.4. The Balaban J connectivity index is 1.07. The second-order valence-electron chi connectivity index (χ2n) is 13.3. The Kier molecular flexibility index (Phi) is 6.99.